The number of benzene rings is 3. The summed E-state index contributed by atoms with van der Waals surface area (Å²) in [6, 6.07) is 18.3. The Hall–Kier alpha value is -2.97. The zero-order valence-electron chi connectivity index (χ0n) is 19.0. The molecule has 1 unspecified atom stereocenters. The van der Waals surface area contributed by atoms with Crippen LogP contribution in [-0.2, 0) is 14.8 Å². The van der Waals surface area contributed by atoms with Crippen molar-refractivity contribution in [1.82, 2.24) is 0 Å². The van der Waals surface area contributed by atoms with Crippen LogP contribution in [0.3, 0.4) is 0 Å². The number of sulfonamides is 1. The molecule has 33 heavy (non-hydrogen) atoms. The Morgan fingerprint density at radius 1 is 1.00 bits per heavy atom. The highest BCUT2D eigenvalue weighted by atomic mass is 32.2. The number of nitrogens with zero attached hydrogens (tertiary/aromatic N) is 1. The SMILES string of the molecule is COc1ccc(N2C(=O)CSC2c2cccc(NS(=O)(=O)c3c(C)cc(C)cc3C)c2)cc1. The smallest absolute Gasteiger partial charge is 0.262 e. The van der Waals surface area contributed by atoms with Gasteiger partial charge in [0.2, 0.25) is 5.91 Å². The van der Waals surface area contributed by atoms with Crippen LogP contribution >= 0.6 is 11.8 Å². The molecule has 0 aromatic heterocycles. The first-order chi connectivity index (χ1) is 15.7. The topological polar surface area (TPSA) is 75.7 Å². The molecule has 0 aliphatic carbocycles. The molecule has 8 heteroatoms. The van der Waals surface area contributed by atoms with Gasteiger partial charge in [0, 0.05) is 11.4 Å². The predicted molar refractivity (Wildman–Crippen MR) is 134 cm³/mol. The number of methoxy groups -OCH3 is 1. The van der Waals surface area contributed by atoms with Gasteiger partial charge in [-0.3, -0.25) is 14.4 Å². The van der Waals surface area contributed by atoms with Crippen LogP contribution in [0.1, 0.15) is 27.6 Å². The summed E-state index contributed by atoms with van der Waals surface area (Å²) >= 11 is 1.51. The Bertz CT molecular complexity index is 1280. The van der Waals surface area contributed by atoms with Crippen molar-refractivity contribution in [3.05, 3.63) is 82.9 Å². The van der Waals surface area contributed by atoms with E-state index in [4.69, 9.17) is 4.74 Å². The summed E-state index contributed by atoms with van der Waals surface area (Å²) in [5.41, 5.74) is 4.51. The number of aryl methyl sites for hydroxylation is 3. The first-order valence-electron chi connectivity index (χ1n) is 10.5. The van der Waals surface area contributed by atoms with Crippen molar-refractivity contribution in [2.45, 2.75) is 31.0 Å². The van der Waals surface area contributed by atoms with E-state index < -0.39 is 10.0 Å². The van der Waals surface area contributed by atoms with Crippen LogP contribution in [0.2, 0.25) is 0 Å². The van der Waals surface area contributed by atoms with Crippen LogP contribution in [0.25, 0.3) is 0 Å². The Morgan fingerprint density at radius 2 is 1.67 bits per heavy atom. The van der Waals surface area contributed by atoms with Crippen molar-refractivity contribution in [3.8, 4) is 5.75 Å². The van der Waals surface area contributed by atoms with Crippen molar-refractivity contribution in [2.24, 2.45) is 0 Å². The lowest BCUT2D eigenvalue weighted by atomic mass is 10.1. The molecule has 1 saturated heterocycles. The standard InChI is InChI=1S/C25H26N2O4S2/c1-16-12-17(2)24(18(3)13-16)33(29,30)26-20-7-5-6-19(14-20)25-27(23(28)15-32-25)21-8-10-22(31-4)11-9-21/h5-14,25-26H,15H2,1-4H3. The van der Waals surface area contributed by atoms with Crippen molar-refractivity contribution in [1.29, 1.82) is 0 Å². The molecule has 1 amide bonds. The summed E-state index contributed by atoms with van der Waals surface area (Å²) in [7, 11) is -2.17. The molecule has 1 N–H and O–H groups in total. The molecule has 4 rings (SSSR count). The molecular formula is C25H26N2O4S2. The lowest BCUT2D eigenvalue weighted by Crippen LogP contribution is -2.27. The third kappa shape index (κ3) is 4.72. The summed E-state index contributed by atoms with van der Waals surface area (Å²) in [5, 5.41) is -0.252. The van der Waals surface area contributed by atoms with Crippen LogP contribution in [0.5, 0.6) is 5.75 Å². The van der Waals surface area contributed by atoms with Crippen LogP contribution in [-0.4, -0.2) is 27.2 Å². The van der Waals surface area contributed by atoms with E-state index in [1.54, 1.807) is 44.1 Å². The Morgan fingerprint density at radius 3 is 2.30 bits per heavy atom. The number of rotatable bonds is 6. The molecule has 1 fully saturated rings. The Kier molecular flexibility index (Phi) is 6.41. The molecule has 0 spiro atoms. The fourth-order valence-electron chi connectivity index (χ4n) is 4.25. The van der Waals surface area contributed by atoms with Gasteiger partial charge < -0.3 is 4.74 Å². The maximum Gasteiger partial charge on any atom is 0.262 e. The number of hydrogen-bond donors (Lipinski definition) is 1. The predicted octanol–water partition coefficient (Wildman–Crippen LogP) is 5.20. The molecule has 0 saturated carbocycles. The van der Waals surface area contributed by atoms with Gasteiger partial charge in [-0.05, 0) is 73.9 Å². The van der Waals surface area contributed by atoms with Crippen molar-refractivity contribution in [3.63, 3.8) is 0 Å². The van der Waals surface area contributed by atoms with E-state index in [-0.39, 0.29) is 11.3 Å². The van der Waals surface area contributed by atoms with Gasteiger partial charge in [0.1, 0.15) is 11.1 Å². The summed E-state index contributed by atoms with van der Waals surface area (Å²) in [6.45, 7) is 5.55. The monoisotopic (exact) mass is 482 g/mol. The van der Waals surface area contributed by atoms with Crippen molar-refractivity contribution in [2.75, 3.05) is 22.5 Å². The van der Waals surface area contributed by atoms with Gasteiger partial charge in [0.05, 0.1) is 17.8 Å². The summed E-state index contributed by atoms with van der Waals surface area (Å²) in [5.74, 6) is 1.08. The summed E-state index contributed by atoms with van der Waals surface area (Å²) in [6.07, 6.45) is 0. The quantitative estimate of drug-likeness (QED) is 0.523. The molecule has 6 nitrogen and oxygen atoms in total. The molecule has 1 aliphatic heterocycles. The zero-order valence-corrected chi connectivity index (χ0v) is 20.6. The van der Waals surface area contributed by atoms with E-state index >= 15 is 0 Å². The number of thioether (sulfide) groups is 1. The summed E-state index contributed by atoms with van der Waals surface area (Å²) < 4.78 is 34.3. The Labute approximate surface area is 199 Å². The van der Waals surface area contributed by atoms with Crippen molar-refractivity contribution < 1.29 is 17.9 Å². The lowest BCUT2D eigenvalue weighted by molar-refractivity contribution is -0.115. The van der Waals surface area contributed by atoms with Gasteiger partial charge in [-0.25, -0.2) is 8.42 Å². The van der Waals surface area contributed by atoms with Gasteiger partial charge in [-0.2, -0.15) is 0 Å². The lowest BCUT2D eigenvalue weighted by Gasteiger charge is -2.25. The second kappa shape index (κ2) is 9.11. The molecule has 0 radical (unpaired) electrons. The van der Waals surface area contributed by atoms with Gasteiger partial charge in [0.15, 0.2) is 0 Å². The normalized spacial score (nSPS) is 16.2. The molecule has 3 aromatic rings. The fourth-order valence-corrected chi connectivity index (χ4v) is 6.92. The van der Waals surface area contributed by atoms with Crippen LogP contribution in [0.4, 0.5) is 11.4 Å². The number of hydrogen-bond acceptors (Lipinski definition) is 5. The molecule has 0 bridgehead atoms. The number of ether oxygens (including phenoxy) is 1. The first-order valence-corrected chi connectivity index (χ1v) is 13.0. The van der Waals surface area contributed by atoms with E-state index in [2.05, 4.69) is 4.72 Å². The minimum atomic E-state index is -3.77. The largest absolute Gasteiger partial charge is 0.497 e. The molecule has 1 aliphatic rings. The minimum absolute atomic E-state index is 0.00653. The second-order valence-electron chi connectivity index (χ2n) is 8.08. The fraction of sp³-hybridized carbons (Fsp3) is 0.240. The highest BCUT2D eigenvalue weighted by molar-refractivity contribution is 8.00. The molecule has 172 valence electrons. The molecular weight excluding hydrogens is 456 g/mol. The zero-order chi connectivity index (χ0) is 23.8. The average molecular weight is 483 g/mol. The molecule has 1 heterocycles. The Balaban J connectivity index is 1.64. The summed E-state index contributed by atoms with van der Waals surface area (Å²) in [4.78, 5) is 14.7. The highest BCUT2D eigenvalue weighted by Crippen LogP contribution is 2.42. The second-order valence-corrected chi connectivity index (χ2v) is 10.8. The minimum Gasteiger partial charge on any atom is -0.497 e. The molecule has 1 atom stereocenters. The molecule has 3 aromatic carbocycles. The first kappa shape index (κ1) is 23.2. The number of amides is 1. The van der Waals surface area contributed by atoms with Crippen LogP contribution < -0.4 is 14.4 Å². The van der Waals surface area contributed by atoms with Crippen LogP contribution in [0.15, 0.2) is 65.6 Å². The van der Waals surface area contributed by atoms with Gasteiger partial charge in [-0.1, -0.05) is 29.8 Å². The third-order valence-corrected chi connectivity index (χ3v) is 8.41. The van der Waals surface area contributed by atoms with E-state index in [9.17, 15) is 13.2 Å². The average Bonchev–Trinajstić information content (AvgIpc) is 3.14. The van der Waals surface area contributed by atoms with Gasteiger partial charge in [0.25, 0.3) is 10.0 Å². The highest BCUT2D eigenvalue weighted by Gasteiger charge is 2.34. The van der Waals surface area contributed by atoms with Gasteiger partial charge in [-0.15, -0.1) is 11.8 Å². The number of carbonyl (C=O) groups is 1. The van der Waals surface area contributed by atoms with Gasteiger partial charge >= 0.3 is 0 Å². The maximum atomic E-state index is 13.2. The third-order valence-electron chi connectivity index (χ3n) is 5.52. The van der Waals surface area contributed by atoms with E-state index in [0.717, 1.165) is 16.8 Å². The number of anilines is 2. The number of carbonyl (C=O) groups excluding carboxylic acids is 1. The van der Waals surface area contributed by atoms with E-state index in [1.165, 1.54) is 11.8 Å². The van der Waals surface area contributed by atoms with Crippen LogP contribution in [0, 0.1) is 20.8 Å². The number of nitrogens with one attached hydrogen (secondary N) is 1. The van der Waals surface area contributed by atoms with E-state index in [1.807, 2.05) is 49.4 Å². The maximum absolute atomic E-state index is 13.2. The van der Waals surface area contributed by atoms with Crippen molar-refractivity contribution >= 4 is 39.1 Å². The van der Waals surface area contributed by atoms with E-state index in [0.29, 0.717) is 33.2 Å².